The summed E-state index contributed by atoms with van der Waals surface area (Å²) in [7, 11) is 0. The first-order valence-electron chi connectivity index (χ1n) is 9.55. The smallest absolute Gasteiger partial charge is 0.123 e. The molecular weight excluding hydrogens is 303 g/mol. The van der Waals surface area contributed by atoms with Gasteiger partial charge in [-0.1, -0.05) is 13.3 Å². The van der Waals surface area contributed by atoms with Crippen molar-refractivity contribution in [1.82, 2.24) is 5.32 Å². The molecule has 1 heterocycles. The molecule has 4 heteroatoms. The van der Waals surface area contributed by atoms with Gasteiger partial charge in [0.1, 0.15) is 5.82 Å². The van der Waals surface area contributed by atoms with Crippen LogP contribution in [0.15, 0.2) is 18.2 Å². The number of aliphatic hydroxyl groups is 1. The largest absolute Gasteiger partial charge is 0.393 e. The first kappa shape index (κ1) is 17.7. The van der Waals surface area contributed by atoms with Gasteiger partial charge in [-0.2, -0.15) is 0 Å². The monoisotopic (exact) mass is 334 g/mol. The Kier molecular flexibility index (Phi) is 5.77. The van der Waals surface area contributed by atoms with E-state index < -0.39 is 0 Å². The number of anilines is 1. The summed E-state index contributed by atoms with van der Waals surface area (Å²) in [5, 5.41) is 13.5. The van der Waals surface area contributed by atoms with Crippen molar-refractivity contribution in [2.24, 2.45) is 5.92 Å². The summed E-state index contributed by atoms with van der Waals surface area (Å²) in [4.78, 5) is 2.29. The van der Waals surface area contributed by atoms with Gasteiger partial charge < -0.3 is 15.3 Å². The minimum Gasteiger partial charge on any atom is -0.393 e. The molecule has 3 nitrogen and oxygen atoms in total. The molecule has 1 aromatic carbocycles. The van der Waals surface area contributed by atoms with Crippen LogP contribution in [-0.2, 0) is 0 Å². The zero-order valence-electron chi connectivity index (χ0n) is 15.0. The summed E-state index contributed by atoms with van der Waals surface area (Å²) in [5.41, 5.74) is 2.17. The Balaban J connectivity index is 1.72. The third kappa shape index (κ3) is 4.09. The number of hydrogen-bond donors (Lipinski definition) is 2. The number of piperidine rings is 1. The molecule has 0 bridgehead atoms. The van der Waals surface area contributed by atoms with E-state index in [0.29, 0.717) is 6.04 Å². The maximum atomic E-state index is 13.9. The molecule has 1 saturated heterocycles. The first-order chi connectivity index (χ1) is 11.6. The Hall–Kier alpha value is -1.13. The number of rotatable bonds is 5. The molecule has 3 rings (SSSR count). The molecule has 1 saturated carbocycles. The van der Waals surface area contributed by atoms with E-state index in [1.165, 1.54) is 25.7 Å². The van der Waals surface area contributed by atoms with Crippen molar-refractivity contribution in [3.8, 4) is 0 Å². The molecule has 24 heavy (non-hydrogen) atoms. The highest BCUT2D eigenvalue weighted by molar-refractivity contribution is 5.55. The van der Waals surface area contributed by atoms with Gasteiger partial charge in [0, 0.05) is 30.9 Å². The van der Waals surface area contributed by atoms with Gasteiger partial charge in [-0.15, -0.1) is 0 Å². The summed E-state index contributed by atoms with van der Waals surface area (Å²) in [6.07, 6.45) is 6.42. The normalized spacial score (nSPS) is 26.8. The van der Waals surface area contributed by atoms with Crippen LogP contribution in [0.1, 0.15) is 64.0 Å². The average molecular weight is 334 g/mol. The Labute approximate surface area is 145 Å². The summed E-state index contributed by atoms with van der Waals surface area (Å²) >= 11 is 0. The van der Waals surface area contributed by atoms with Gasteiger partial charge >= 0.3 is 0 Å². The maximum Gasteiger partial charge on any atom is 0.123 e. The standard InChI is InChI=1S/C20H31FN2O/c1-3-15-4-6-17(12-15)22-14(2)19-13-16(21)5-7-20(19)23-10-8-18(24)9-11-23/h5,7,13-15,17-18,22,24H,3-4,6,8-12H2,1-2H3. The van der Waals surface area contributed by atoms with Crippen LogP contribution >= 0.6 is 0 Å². The summed E-state index contributed by atoms with van der Waals surface area (Å²) in [6.45, 7) is 6.10. The summed E-state index contributed by atoms with van der Waals surface area (Å²) in [5.74, 6) is 0.669. The molecule has 2 fully saturated rings. The molecule has 1 aromatic rings. The number of aliphatic hydroxyl groups excluding tert-OH is 1. The molecule has 0 radical (unpaired) electrons. The third-order valence-electron chi connectivity index (χ3n) is 5.87. The molecule has 0 spiro atoms. The second-order valence-electron chi connectivity index (χ2n) is 7.59. The van der Waals surface area contributed by atoms with E-state index in [-0.39, 0.29) is 18.0 Å². The Morgan fingerprint density at radius 2 is 2.00 bits per heavy atom. The van der Waals surface area contributed by atoms with E-state index in [2.05, 4.69) is 24.1 Å². The number of nitrogens with one attached hydrogen (secondary N) is 1. The maximum absolute atomic E-state index is 13.9. The highest BCUT2D eigenvalue weighted by Crippen LogP contribution is 2.33. The van der Waals surface area contributed by atoms with Gasteiger partial charge in [0.2, 0.25) is 0 Å². The average Bonchev–Trinajstić information content (AvgIpc) is 3.03. The van der Waals surface area contributed by atoms with Crippen molar-refractivity contribution < 1.29 is 9.50 Å². The van der Waals surface area contributed by atoms with E-state index in [1.54, 1.807) is 12.1 Å². The molecule has 1 aliphatic carbocycles. The lowest BCUT2D eigenvalue weighted by Crippen LogP contribution is -2.37. The lowest BCUT2D eigenvalue weighted by Gasteiger charge is -2.34. The molecular formula is C20H31FN2O. The van der Waals surface area contributed by atoms with Crippen LogP contribution in [0.5, 0.6) is 0 Å². The molecule has 0 aromatic heterocycles. The zero-order chi connectivity index (χ0) is 17.1. The van der Waals surface area contributed by atoms with E-state index in [0.717, 1.165) is 43.1 Å². The van der Waals surface area contributed by atoms with Gasteiger partial charge in [-0.25, -0.2) is 4.39 Å². The van der Waals surface area contributed by atoms with Gasteiger partial charge in [-0.05, 0) is 68.7 Å². The van der Waals surface area contributed by atoms with Crippen LogP contribution in [0.2, 0.25) is 0 Å². The van der Waals surface area contributed by atoms with Crippen molar-refractivity contribution in [3.05, 3.63) is 29.6 Å². The fraction of sp³-hybridized carbons (Fsp3) is 0.700. The lowest BCUT2D eigenvalue weighted by molar-refractivity contribution is 0.145. The van der Waals surface area contributed by atoms with Gasteiger partial charge in [-0.3, -0.25) is 0 Å². The fourth-order valence-electron chi connectivity index (χ4n) is 4.31. The molecule has 134 valence electrons. The molecule has 2 N–H and O–H groups in total. The topological polar surface area (TPSA) is 35.5 Å². The highest BCUT2D eigenvalue weighted by Gasteiger charge is 2.26. The molecule has 0 amide bonds. The predicted octanol–water partition coefficient (Wildman–Crippen LogP) is 4.02. The van der Waals surface area contributed by atoms with Crippen LogP contribution < -0.4 is 10.2 Å². The van der Waals surface area contributed by atoms with Gasteiger partial charge in [0.25, 0.3) is 0 Å². The fourth-order valence-corrected chi connectivity index (χ4v) is 4.31. The van der Waals surface area contributed by atoms with E-state index >= 15 is 0 Å². The lowest BCUT2D eigenvalue weighted by atomic mass is 10.0. The van der Waals surface area contributed by atoms with Gasteiger partial charge in [0.05, 0.1) is 6.10 Å². The molecule has 3 unspecified atom stereocenters. The van der Waals surface area contributed by atoms with E-state index in [4.69, 9.17) is 0 Å². The Morgan fingerprint density at radius 3 is 2.67 bits per heavy atom. The number of benzene rings is 1. The van der Waals surface area contributed by atoms with Crippen molar-refractivity contribution in [3.63, 3.8) is 0 Å². The molecule has 2 aliphatic rings. The minimum absolute atomic E-state index is 0.142. The van der Waals surface area contributed by atoms with Crippen molar-refractivity contribution in [2.45, 2.75) is 70.6 Å². The summed E-state index contributed by atoms with van der Waals surface area (Å²) < 4.78 is 13.9. The SMILES string of the molecule is CCC1CCC(NC(C)c2cc(F)ccc2N2CCC(O)CC2)C1. The quantitative estimate of drug-likeness (QED) is 0.854. The van der Waals surface area contributed by atoms with Crippen molar-refractivity contribution >= 4 is 5.69 Å². The van der Waals surface area contributed by atoms with E-state index in [1.807, 2.05) is 6.07 Å². The molecule has 1 aliphatic heterocycles. The highest BCUT2D eigenvalue weighted by atomic mass is 19.1. The second kappa shape index (κ2) is 7.83. The third-order valence-corrected chi connectivity index (χ3v) is 5.87. The van der Waals surface area contributed by atoms with Crippen LogP contribution in [0, 0.1) is 11.7 Å². The zero-order valence-corrected chi connectivity index (χ0v) is 15.0. The van der Waals surface area contributed by atoms with Crippen molar-refractivity contribution in [2.75, 3.05) is 18.0 Å². The predicted molar refractivity (Wildman–Crippen MR) is 96.8 cm³/mol. The van der Waals surface area contributed by atoms with E-state index in [9.17, 15) is 9.50 Å². The summed E-state index contributed by atoms with van der Waals surface area (Å²) in [6, 6.07) is 5.83. The first-order valence-corrected chi connectivity index (χ1v) is 9.55. The van der Waals surface area contributed by atoms with Crippen LogP contribution in [0.25, 0.3) is 0 Å². The number of hydrogen-bond acceptors (Lipinski definition) is 3. The Bertz CT molecular complexity index is 542. The molecule has 3 atom stereocenters. The van der Waals surface area contributed by atoms with Crippen molar-refractivity contribution in [1.29, 1.82) is 0 Å². The van der Waals surface area contributed by atoms with Crippen LogP contribution in [0.3, 0.4) is 0 Å². The second-order valence-corrected chi connectivity index (χ2v) is 7.59. The minimum atomic E-state index is -0.190. The number of halogens is 1. The van der Waals surface area contributed by atoms with Gasteiger partial charge in [0.15, 0.2) is 0 Å². The van der Waals surface area contributed by atoms with Crippen LogP contribution in [0.4, 0.5) is 10.1 Å². The number of nitrogens with zero attached hydrogens (tertiary/aromatic N) is 1. The van der Waals surface area contributed by atoms with Crippen LogP contribution in [-0.4, -0.2) is 30.3 Å². The Morgan fingerprint density at radius 1 is 1.25 bits per heavy atom.